The number of ketones is 1. The molecule has 4 nitrogen and oxygen atoms in total. The summed E-state index contributed by atoms with van der Waals surface area (Å²) in [5, 5.41) is 6.83. The van der Waals surface area contributed by atoms with E-state index in [1.165, 1.54) is 11.6 Å². The van der Waals surface area contributed by atoms with Crippen molar-refractivity contribution in [3.8, 4) is 0 Å². The summed E-state index contributed by atoms with van der Waals surface area (Å²) in [6.45, 7) is 8.09. The number of rotatable bonds is 3. The number of hydrogen-bond acceptors (Lipinski definition) is 4. The number of piperazine rings is 1. The number of fused-ring (bicyclic) bond motifs is 1. The van der Waals surface area contributed by atoms with Crippen LogP contribution in [0.15, 0.2) is 36.9 Å². The molecule has 1 aromatic rings. The van der Waals surface area contributed by atoms with E-state index in [1.807, 2.05) is 12.1 Å². The van der Waals surface area contributed by atoms with Crippen LogP contribution in [0.5, 0.6) is 0 Å². The third-order valence-electron chi connectivity index (χ3n) is 4.32. The Balaban J connectivity index is 2.11. The predicted octanol–water partition coefficient (Wildman–Crippen LogP) is 0.645. The van der Waals surface area contributed by atoms with Crippen molar-refractivity contribution in [1.29, 1.82) is 0 Å². The second-order valence-corrected chi connectivity index (χ2v) is 5.35. The highest BCUT2D eigenvalue weighted by molar-refractivity contribution is 5.98. The summed E-state index contributed by atoms with van der Waals surface area (Å²) in [4.78, 5) is 15.0. The maximum absolute atomic E-state index is 12.7. The molecule has 0 saturated carbocycles. The Morgan fingerprint density at radius 2 is 2.00 bits per heavy atom. The first kappa shape index (κ1) is 13.5. The molecule has 0 amide bonds. The molecule has 2 N–H and O–H groups in total. The highest BCUT2D eigenvalue weighted by Crippen LogP contribution is 2.33. The van der Waals surface area contributed by atoms with Crippen molar-refractivity contribution < 1.29 is 4.79 Å². The van der Waals surface area contributed by atoms with Gasteiger partial charge in [-0.1, -0.05) is 30.8 Å². The van der Waals surface area contributed by atoms with Crippen LogP contribution in [0.2, 0.25) is 0 Å². The Labute approximate surface area is 119 Å². The number of benzene rings is 1. The molecule has 3 rings (SSSR count). The average Bonchev–Trinajstić information content (AvgIpc) is 2.54. The molecule has 2 heterocycles. The van der Waals surface area contributed by atoms with E-state index in [4.69, 9.17) is 0 Å². The number of nitrogens with zero attached hydrogens (tertiary/aromatic N) is 1. The van der Waals surface area contributed by atoms with E-state index in [9.17, 15) is 4.79 Å². The molecule has 0 aliphatic carbocycles. The van der Waals surface area contributed by atoms with Crippen LogP contribution >= 0.6 is 0 Å². The lowest BCUT2D eigenvalue weighted by molar-refractivity contribution is -0.131. The molecule has 0 aromatic heterocycles. The molecule has 0 bridgehead atoms. The molecule has 4 heteroatoms. The van der Waals surface area contributed by atoms with Crippen LogP contribution in [0.3, 0.4) is 0 Å². The lowest BCUT2D eigenvalue weighted by atomic mass is 9.84. The van der Waals surface area contributed by atoms with Crippen LogP contribution in [0.4, 0.5) is 0 Å². The van der Waals surface area contributed by atoms with E-state index < -0.39 is 5.66 Å². The summed E-state index contributed by atoms with van der Waals surface area (Å²) in [5.74, 6) is 0.0477. The second kappa shape index (κ2) is 5.48. The van der Waals surface area contributed by atoms with Gasteiger partial charge in [-0.2, -0.15) is 0 Å². The molecule has 1 fully saturated rings. The summed E-state index contributed by atoms with van der Waals surface area (Å²) in [5.41, 5.74) is 1.64. The van der Waals surface area contributed by atoms with E-state index in [1.54, 1.807) is 0 Å². The summed E-state index contributed by atoms with van der Waals surface area (Å²) in [6.07, 6.45) is 2.42. The standard InChI is InChI=1S/C16H21N3O/c1-2-15(20)16(19-11-9-17-10-12-19)14-6-4-3-5-13(14)7-8-18-16/h2-6,17-18H,1,7-12H2. The average molecular weight is 271 g/mol. The van der Waals surface area contributed by atoms with Gasteiger partial charge in [-0.25, -0.2) is 0 Å². The third-order valence-corrected chi connectivity index (χ3v) is 4.32. The smallest absolute Gasteiger partial charge is 0.194 e. The van der Waals surface area contributed by atoms with E-state index >= 15 is 0 Å². The van der Waals surface area contributed by atoms with Gasteiger partial charge in [0.05, 0.1) is 0 Å². The Hall–Kier alpha value is -1.49. The minimum atomic E-state index is -0.724. The maximum atomic E-state index is 12.7. The van der Waals surface area contributed by atoms with Gasteiger partial charge in [0.25, 0.3) is 0 Å². The van der Waals surface area contributed by atoms with Crippen molar-refractivity contribution in [1.82, 2.24) is 15.5 Å². The van der Waals surface area contributed by atoms with Gasteiger partial charge in [-0.3, -0.25) is 15.0 Å². The van der Waals surface area contributed by atoms with Crippen LogP contribution in [0.25, 0.3) is 0 Å². The van der Waals surface area contributed by atoms with Crippen molar-refractivity contribution in [3.63, 3.8) is 0 Å². The van der Waals surface area contributed by atoms with Gasteiger partial charge in [0.15, 0.2) is 11.4 Å². The number of hydrogen-bond donors (Lipinski definition) is 2. The maximum Gasteiger partial charge on any atom is 0.194 e. The van der Waals surface area contributed by atoms with Crippen LogP contribution < -0.4 is 10.6 Å². The fourth-order valence-corrected chi connectivity index (χ4v) is 3.37. The fourth-order valence-electron chi connectivity index (χ4n) is 3.37. The van der Waals surface area contributed by atoms with Gasteiger partial charge in [0, 0.05) is 32.7 Å². The first-order chi connectivity index (χ1) is 9.79. The largest absolute Gasteiger partial charge is 0.314 e. The van der Waals surface area contributed by atoms with Crippen LogP contribution in [0, 0.1) is 0 Å². The highest BCUT2D eigenvalue weighted by Gasteiger charge is 2.46. The minimum absolute atomic E-state index is 0.0477. The van der Waals surface area contributed by atoms with Crippen molar-refractivity contribution in [3.05, 3.63) is 48.0 Å². The van der Waals surface area contributed by atoms with E-state index in [0.29, 0.717) is 0 Å². The SMILES string of the molecule is C=CC(=O)C1(N2CCNCC2)NCCc2ccccc21. The second-order valence-electron chi connectivity index (χ2n) is 5.35. The van der Waals surface area contributed by atoms with E-state index in [2.05, 4.69) is 34.2 Å². The molecule has 1 saturated heterocycles. The lowest BCUT2D eigenvalue weighted by Gasteiger charge is -2.47. The summed E-state index contributed by atoms with van der Waals surface area (Å²) in [6, 6.07) is 8.26. The predicted molar refractivity (Wildman–Crippen MR) is 79.5 cm³/mol. The fraction of sp³-hybridized carbons (Fsp3) is 0.438. The Morgan fingerprint density at radius 3 is 2.75 bits per heavy atom. The zero-order valence-corrected chi connectivity index (χ0v) is 11.7. The molecule has 2 aliphatic rings. The van der Waals surface area contributed by atoms with Crippen molar-refractivity contribution in [2.45, 2.75) is 12.1 Å². The summed E-state index contributed by atoms with van der Waals surface area (Å²) in [7, 11) is 0. The molecule has 2 aliphatic heterocycles. The Bertz CT molecular complexity index is 522. The van der Waals surface area contributed by atoms with Gasteiger partial charge in [0.1, 0.15) is 0 Å². The molecule has 106 valence electrons. The molecule has 1 aromatic carbocycles. The lowest BCUT2D eigenvalue weighted by Crippen LogP contribution is -2.66. The molecule has 1 unspecified atom stereocenters. The zero-order valence-electron chi connectivity index (χ0n) is 11.7. The van der Waals surface area contributed by atoms with Crippen molar-refractivity contribution >= 4 is 5.78 Å². The van der Waals surface area contributed by atoms with Gasteiger partial charge < -0.3 is 5.32 Å². The normalized spacial score (nSPS) is 26.8. The molecular formula is C16H21N3O. The third kappa shape index (κ3) is 2.00. The van der Waals surface area contributed by atoms with Gasteiger partial charge in [-0.15, -0.1) is 0 Å². The highest BCUT2D eigenvalue weighted by atomic mass is 16.1. The summed E-state index contributed by atoms with van der Waals surface area (Å²) >= 11 is 0. The summed E-state index contributed by atoms with van der Waals surface area (Å²) < 4.78 is 0. The number of nitrogens with one attached hydrogen (secondary N) is 2. The Kier molecular flexibility index (Phi) is 3.70. The molecule has 20 heavy (non-hydrogen) atoms. The molecular weight excluding hydrogens is 250 g/mol. The molecule has 1 atom stereocenters. The monoisotopic (exact) mass is 271 g/mol. The number of carbonyl (C=O) groups excluding carboxylic acids is 1. The molecule has 0 spiro atoms. The minimum Gasteiger partial charge on any atom is -0.314 e. The zero-order chi connectivity index (χ0) is 14.0. The van der Waals surface area contributed by atoms with Gasteiger partial charge >= 0.3 is 0 Å². The first-order valence-electron chi connectivity index (χ1n) is 7.25. The van der Waals surface area contributed by atoms with Crippen LogP contribution in [0.1, 0.15) is 11.1 Å². The van der Waals surface area contributed by atoms with Crippen molar-refractivity contribution in [2.75, 3.05) is 32.7 Å². The van der Waals surface area contributed by atoms with E-state index in [0.717, 1.165) is 44.7 Å². The van der Waals surface area contributed by atoms with Gasteiger partial charge in [-0.05, 0) is 23.6 Å². The van der Waals surface area contributed by atoms with Gasteiger partial charge in [0.2, 0.25) is 0 Å². The van der Waals surface area contributed by atoms with Crippen LogP contribution in [-0.4, -0.2) is 43.4 Å². The van der Waals surface area contributed by atoms with Crippen LogP contribution in [-0.2, 0) is 16.9 Å². The topological polar surface area (TPSA) is 44.4 Å². The number of carbonyl (C=O) groups is 1. The molecule has 0 radical (unpaired) electrons. The quantitative estimate of drug-likeness (QED) is 0.792. The Morgan fingerprint density at radius 1 is 1.25 bits per heavy atom. The first-order valence-corrected chi connectivity index (χ1v) is 7.25. The van der Waals surface area contributed by atoms with Crippen molar-refractivity contribution in [2.24, 2.45) is 0 Å². The van der Waals surface area contributed by atoms with E-state index in [-0.39, 0.29) is 5.78 Å².